The van der Waals surface area contributed by atoms with E-state index < -0.39 is 6.15 Å². The molecule has 1 heteroatoms. The second-order valence-corrected chi connectivity index (χ2v) is 11.3. The predicted molar refractivity (Wildman–Crippen MR) is 157 cm³/mol. The van der Waals surface area contributed by atoms with Crippen LogP contribution < -0.4 is 0 Å². The van der Waals surface area contributed by atoms with Gasteiger partial charge >= 0.3 is 0 Å². The van der Waals surface area contributed by atoms with E-state index in [4.69, 9.17) is 0 Å². The van der Waals surface area contributed by atoms with E-state index in [2.05, 4.69) is 39.4 Å². The molecule has 33 heavy (non-hydrogen) atoms. The molecule has 0 aromatic carbocycles. The second-order valence-electron chi connectivity index (χ2n) is 11.3. The number of hydrogen-bond donors (Lipinski definition) is 0. The summed E-state index contributed by atoms with van der Waals surface area (Å²) in [5.74, 6) is 7.78. The minimum absolute atomic E-state index is 0.465. The van der Waals surface area contributed by atoms with Crippen LogP contribution in [-0.2, 0) is 0 Å². The molecule has 0 amide bonds. The average molecular weight is 460 g/mol. The maximum atomic E-state index is 4.03. The van der Waals surface area contributed by atoms with Crippen LogP contribution in [0.15, 0.2) is 0 Å². The minimum atomic E-state index is -0.465. The smallest absolute Gasteiger partial charge is 0.0708 e. The van der Waals surface area contributed by atoms with E-state index in [1.807, 2.05) is 0 Å². The summed E-state index contributed by atoms with van der Waals surface area (Å²) in [5.41, 5.74) is 0. The fourth-order valence-electron chi connectivity index (χ4n) is 5.52. The Bertz CT molecular complexity index is 389. The van der Waals surface area contributed by atoms with E-state index in [9.17, 15) is 0 Å². The molecule has 0 unspecified atom stereocenters. The van der Waals surface area contributed by atoms with Crippen LogP contribution in [-0.4, -0.2) is 6.15 Å². The Morgan fingerprint density at radius 3 is 1.03 bits per heavy atom. The number of rotatable bonds is 25. The van der Waals surface area contributed by atoms with Gasteiger partial charge in [-0.1, -0.05) is 163 Å². The summed E-state index contributed by atoms with van der Waals surface area (Å²) in [6.07, 6.45) is 35.9. The van der Waals surface area contributed by atoms with Gasteiger partial charge in [-0.15, -0.1) is 0 Å². The van der Waals surface area contributed by atoms with E-state index in [1.165, 1.54) is 160 Å². The lowest BCUT2D eigenvalue weighted by Crippen LogP contribution is -2.32. The summed E-state index contributed by atoms with van der Waals surface area (Å²) in [5, 5.41) is 0. The van der Waals surface area contributed by atoms with Crippen molar-refractivity contribution in [1.82, 2.24) is 0 Å². The molecule has 0 nitrogen and oxygen atoms in total. The lowest BCUT2D eigenvalue weighted by atomic mass is 9.19. The molecule has 0 aliphatic carbocycles. The Kier molecular flexibility index (Phi) is 25.9. The standard InChI is InChI=1S/C32H64B/c1-5-9-13-17-21-25-29-33(30-26-22-18-14-10-6-2,31-27-23-19-15-11-7-3)32-28-24-20-16-12-8-4/h5-27,29-31H2,1-4H3/q-1. The lowest BCUT2D eigenvalue weighted by Gasteiger charge is -2.35. The molecule has 0 atom stereocenters. The summed E-state index contributed by atoms with van der Waals surface area (Å²) < 4.78 is 0. The van der Waals surface area contributed by atoms with Crippen molar-refractivity contribution in [2.45, 2.75) is 194 Å². The van der Waals surface area contributed by atoms with Gasteiger partial charge in [-0.25, -0.2) is 0 Å². The zero-order valence-corrected chi connectivity index (χ0v) is 24.0. The highest BCUT2D eigenvalue weighted by Gasteiger charge is 2.21. The Morgan fingerprint density at radius 2 is 0.667 bits per heavy atom. The summed E-state index contributed by atoms with van der Waals surface area (Å²) in [6, 6.07) is 0. The van der Waals surface area contributed by atoms with Gasteiger partial charge in [0.25, 0.3) is 0 Å². The van der Waals surface area contributed by atoms with Crippen molar-refractivity contribution < 1.29 is 0 Å². The first-order valence-corrected chi connectivity index (χ1v) is 15.9. The van der Waals surface area contributed by atoms with Crippen molar-refractivity contribution in [1.29, 1.82) is 0 Å². The molecule has 0 aliphatic rings. The molecular formula is C32H64B-. The highest BCUT2D eigenvalue weighted by atomic mass is 14.0. The fraction of sp³-hybridized carbons (Fsp3) is 0.938. The summed E-state index contributed by atoms with van der Waals surface area (Å²) in [4.78, 5) is 0. The van der Waals surface area contributed by atoms with Gasteiger partial charge < -0.3 is 5.82 Å². The predicted octanol–water partition coefficient (Wildman–Crippen LogP) is 12.0. The fourth-order valence-corrected chi connectivity index (χ4v) is 5.52. The van der Waals surface area contributed by atoms with Crippen LogP contribution in [0.4, 0.5) is 0 Å². The van der Waals surface area contributed by atoms with E-state index in [1.54, 1.807) is 0 Å². The molecule has 0 aromatic rings. The van der Waals surface area contributed by atoms with E-state index in [-0.39, 0.29) is 0 Å². The summed E-state index contributed by atoms with van der Waals surface area (Å²) in [6.45, 7) is 9.28. The van der Waals surface area contributed by atoms with Crippen molar-refractivity contribution in [3.8, 4) is 11.7 Å². The highest BCUT2D eigenvalue weighted by molar-refractivity contribution is 6.87. The van der Waals surface area contributed by atoms with E-state index >= 15 is 0 Å². The molecule has 0 aliphatic heterocycles. The molecule has 0 radical (unpaired) electrons. The largest absolute Gasteiger partial charge is 0.315 e. The maximum absolute atomic E-state index is 4.03. The number of hydrogen-bond acceptors (Lipinski definition) is 0. The topological polar surface area (TPSA) is 0 Å². The van der Waals surface area contributed by atoms with Crippen LogP contribution in [0, 0.1) is 11.7 Å². The molecule has 0 bridgehead atoms. The summed E-state index contributed by atoms with van der Waals surface area (Å²) in [7, 11) is 0. The average Bonchev–Trinajstić information content (AvgIpc) is 2.83. The lowest BCUT2D eigenvalue weighted by molar-refractivity contribution is 0.608. The van der Waals surface area contributed by atoms with Gasteiger partial charge in [-0.2, -0.15) is 24.9 Å². The Hall–Kier alpha value is -0.375. The van der Waals surface area contributed by atoms with Gasteiger partial charge in [0.05, 0.1) is 6.15 Å². The molecule has 0 saturated carbocycles. The molecule has 0 heterocycles. The van der Waals surface area contributed by atoms with Gasteiger partial charge in [-0.3, -0.25) is 0 Å². The van der Waals surface area contributed by atoms with Crippen molar-refractivity contribution in [2.75, 3.05) is 0 Å². The SMILES string of the molecule is CCCCCCC#C[B-](CCCCCCCC)(CCCCCCCC)CCCCCCCC. The first-order valence-electron chi connectivity index (χ1n) is 15.9. The molecule has 196 valence electrons. The molecule has 0 N–H and O–H groups in total. The van der Waals surface area contributed by atoms with Gasteiger partial charge in [0.1, 0.15) is 0 Å². The molecule has 0 saturated heterocycles. The number of unbranched alkanes of at least 4 members (excludes halogenated alkanes) is 19. The minimum Gasteiger partial charge on any atom is -0.315 e. The van der Waals surface area contributed by atoms with E-state index in [0.717, 1.165) is 6.42 Å². The quantitative estimate of drug-likeness (QED) is 0.0723. The monoisotopic (exact) mass is 460 g/mol. The van der Waals surface area contributed by atoms with Crippen LogP contribution in [0.5, 0.6) is 0 Å². The van der Waals surface area contributed by atoms with Crippen molar-refractivity contribution in [3.63, 3.8) is 0 Å². The van der Waals surface area contributed by atoms with Crippen molar-refractivity contribution in [3.05, 3.63) is 0 Å². The Balaban J connectivity index is 4.91. The van der Waals surface area contributed by atoms with Crippen LogP contribution in [0.1, 0.15) is 175 Å². The van der Waals surface area contributed by atoms with Crippen LogP contribution >= 0.6 is 0 Å². The second kappa shape index (κ2) is 26.2. The van der Waals surface area contributed by atoms with Gasteiger partial charge in [0.2, 0.25) is 0 Å². The summed E-state index contributed by atoms with van der Waals surface area (Å²) >= 11 is 0. The maximum Gasteiger partial charge on any atom is 0.0708 e. The molecule has 0 aromatic heterocycles. The van der Waals surface area contributed by atoms with E-state index in [0.29, 0.717) is 0 Å². The molecule has 0 spiro atoms. The first-order chi connectivity index (χ1) is 16.2. The van der Waals surface area contributed by atoms with Gasteiger partial charge in [0.15, 0.2) is 0 Å². The normalized spacial score (nSPS) is 11.5. The molecule has 0 rings (SSSR count). The van der Waals surface area contributed by atoms with Crippen LogP contribution in [0.3, 0.4) is 0 Å². The van der Waals surface area contributed by atoms with Crippen LogP contribution in [0.2, 0.25) is 19.0 Å². The van der Waals surface area contributed by atoms with Crippen LogP contribution in [0.25, 0.3) is 0 Å². The Labute approximate surface area is 212 Å². The third kappa shape index (κ3) is 21.9. The molecular weight excluding hydrogens is 395 g/mol. The van der Waals surface area contributed by atoms with Gasteiger partial charge in [0, 0.05) is 6.42 Å². The van der Waals surface area contributed by atoms with Crippen molar-refractivity contribution in [2.24, 2.45) is 0 Å². The zero-order valence-electron chi connectivity index (χ0n) is 24.0. The van der Waals surface area contributed by atoms with Gasteiger partial charge in [-0.05, 0) is 6.42 Å². The Morgan fingerprint density at radius 1 is 0.364 bits per heavy atom. The first kappa shape index (κ1) is 32.6. The third-order valence-corrected chi connectivity index (χ3v) is 7.89. The third-order valence-electron chi connectivity index (χ3n) is 7.89. The zero-order chi connectivity index (χ0) is 24.3. The highest BCUT2D eigenvalue weighted by Crippen LogP contribution is 2.30. The van der Waals surface area contributed by atoms with Crippen molar-refractivity contribution >= 4 is 6.15 Å². The molecule has 0 fully saturated rings.